The lowest BCUT2D eigenvalue weighted by Gasteiger charge is -2.24. The molecule has 0 bridgehead atoms. The molecule has 2 heterocycles. The van der Waals surface area contributed by atoms with E-state index in [1.807, 2.05) is 53.2 Å². The molecule has 6 nitrogen and oxygen atoms in total. The van der Waals surface area contributed by atoms with E-state index in [1.165, 1.54) is 0 Å². The summed E-state index contributed by atoms with van der Waals surface area (Å²) in [5.41, 5.74) is 4.61. The number of anilines is 1. The third-order valence-corrected chi connectivity index (χ3v) is 8.41. The van der Waals surface area contributed by atoms with Crippen LogP contribution in [0.25, 0.3) is 21.6 Å². The number of hydrogen-bond acceptors (Lipinski definition) is 7. The highest BCUT2D eigenvalue weighted by Crippen LogP contribution is 2.38. The smallest absolute Gasteiger partial charge is 0.320 e. The molecule has 3 rings (SSSR count). The fourth-order valence-electron chi connectivity index (χ4n) is 3.56. The molecule has 0 saturated carbocycles. The van der Waals surface area contributed by atoms with Crippen molar-refractivity contribution in [1.29, 1.82) is 0 Å². The van der Waals surface area contributed by atoms with Crippen molar-refractivity contribution in [1.82, 2.24) is 14.6 Å². The van der Waals surface area contributed by atoms with Crippen LogP contribution in [-0.2, 0) is 14.9 Å². The summed E-state index contributed by atoms with van der Waals surface area (Å²) in [6.07, 6.45) is 1.81. The van der Waals surface area contributed by atoms with E-state index in [0.717, 1.165) is 32.9 Å². The molecule has 0 radical (unpaired) electrons. The Hall–Kier alpha value is -2.23. The summed E-state index contributed by atoms with van der Waals surface area (Å²) >= 11 is 8.37. The van der Waals surface area contributed by atoms with Gasteiger partial charge in [-0.1, -0.05) is 25.4 Å². The normalized spacial score (nSPS) is 12.8. The summed E-state index contributed by atoms with van der Waals surface area (Å²) in [5, 5.41) is 4.96. The molecule has 3 aromatic rings. The van der Waals surface area contributed by atoms with Gasteiger partial charge in [0.25, 0.3) is 0 Å². The number of likely N-dealkylation sites (N-methyl/N-ethyl adjacent to an activating group) is 1. The number of thiophene rings is 1. The Kier molecular flexibility index (Phi) is 10.3. The summed E-state index contributed by atoms with van der Waals surface area (Å²) in [4.78, 5) is 19.5. The van der Waals surface area contributed by atoms with Crippen molar-refractivity contribution in [2.45, 2.75) is 46.1 Å². The average molecular weight is 561 g/mol. The highest BCUT2D eigenvalue weighted by atomic mass is 35.5. The molecule has 0 amide bonds. The zero-order valence-electron chi connectivity index (χ0n) is 22.6. The first kappa shape index (κ1) is 29.3. The minimum Gasteiger partial charge on any atom is -0.464 e. The molecule has 0 spiro atoms. The average Bonchev–Trinajstić information content (AvgIpc) is 3.32. The van der Waals surface area contributed by atoms with Crippen LogP contribution in [0.5, 0.6) is 0 Å². The number of ether oxygens (including phenoxy) is 1. The Morgan fingerprint density at radius 1 is 1.22 bits per heavy atom. The van der Waals surface area contributed by atoms with Gasteiger partial charge >= 0.3 is 5.97 Å². The lowest BCUT2D eigenvalue weighted by molar-refractivity contribution is -0.146. The molecule has 9 heteroatoms. The molecular weight excluding hydrogens is 524 g/mol. The van der Waals surface area contributed by atoms with Gasteiger partial charge in [0.1, 0.15) is 6.61 Å². The minimum absolute atomic E-state index is 0.226. The molecule has 0 saturated heterocycles. The summed E-state index contributed by atoms with van der Waals surface area (Å²) in [5.74, 6) is -0.241. The van der Waals surface area contributed by atoms with Crippen molar-refractivity contribution >= 4 is 50.8 Å². The van der Waals surface area contributed by atoms with Crippen LogP contribution >= 0.6 is 33.8 Å². The highest BCUT2D eigenvalue weighted by molar-refractivity contribution is 8.14. The number of rotatable bonds is 11. The second-order valence-corrected chi connectivity index (χ2v) is 13.0. The van der Waals surface area contributed by atoms with Crippen LogP contribution in [0.2, 0.25) is 5.02 Å². The van der Waals surface area contributed by atoms with Crippen LogP contribution in [0.1, 0.15) is 40.3 Å². The third kappa shape index (κ3) is 8.38. The largest absolute Gasteiger partial charge is 0.464 e. The fraction of sp³-hybridized carbons (Fsp3) is 0.393. The lowest BCUT2D eigenvalue weighted by Crippen LogP contribution is -2.31. The SMILES string of the molecule is CC=S(Nc1ccc(-c2cc(-c3ccnc(C(C)(C)COC(=O)CN(C)C)c3)cs2)c(Cl)c1)NC(C)C. The summed E-state index contributed by atoms with van der Waals surface area (Å²) in [7, 11) is 3.46. The third-order valence-electron chi connectivity index (χ3n) is 5.49. The number of benzene rings is 1. The van der Waals surface area contributed by atoms with Gasteiger partial charge in [-0.2, -0.15) is 0 Å². The number of aromatic nitrogens is 1. The van der Waals surface area contributed by atoms with E-state index >= 15 is 0 Å². The summed E-state index contributed by atoms with van der Waals surface area (Å²) < 4.78 is 12.5. The number of pyridine rings is 1. The van der Waals surface area contributed by atoms with Crippen molar-refractivity contribution in [2.75, 3.05) is 32.0 Å². The van der Waals surface area contributed by atoms with Crippen LogP contribution in [0.15, 0.2) is 48.0 Å². The Morgan fingerprint density at radius 2 is 1.97 bits per heavy atom. The molecule has 2 aromatic heterocycles. The van der Waals surface area contributed by atoms with Crippen LogP contribution < -0.4 is 9.44 Å². The molecule has 200 valence electrons. The van der Waals surface area contributed by atoms with Crippen molar-refractivity contribution in [2.24, 2.45) is 0 Å². The van der Waals surface area contributed by atoms with E-state index in [9.17, 15) is 4.79 Å². The second-order valence-electron chi connectivity index (χ2n) is 10.1. The van der Waals surface area contributed by atoms with E-state index in [0.29, 0.717) is 11.1 Å². The number of halogens is 1. The van der Waals surface area contributed by atoms with Gasteiger partial charge in [0.2, 0.25) is 0 Å². The fourth-order valence-corrected chi connectivity index (χ4v) is 6.06. The molecule has 0 aliphatic heterocycles. The van der Waals surface area contributed by atoms with Gasteiger partial charge in [0.15, 0.2) is 0 Å². The zero-order chi connectivity index (χ0) is 27.2. The molecule has 2 N–H and O–H groups in total. The molecule has 0 fully saturated rings. The second kappa shape index (κ2) is 13.0. The Bertz CT molecular complexity index is 1250. The maximum Gasteiger partial charge on any atom is 0.320 e. The van der Waals surface area contributed by atoms with Crippen molar-refractivity contribution in [3.63, 3.8) is 0 Å². The first-order valence-electron chi connectivity index (χ1n) is 12.2. The number of carbonyl (C=O) groups is 1. The number of carbonyl (C=O) groups excluding carboxylic acids is 1. The van der Waals surface area contributed by atoms with Crippen molar-refractivity contribution in [3.05, 3.63) is 58.7 Å². The van der Waals surface area contributed by atoms with Crippen LogP contribution in [-0.4, -0.2) is 54.5 Å². The van der Waals surface area contributed by atoms with Gasteiger partial charge < -0.3 is 9.46 Å². The maximum absolute atomic E-state index is 12.0. The van der Waals surface area contributed by atoms with Crippen LogP contribution in [0.4, 0.5) is 5.69 Å². The summed E-state index contributed by atoms with van der Waals surface area (Å²) in [6.45, 7) is 10.9. The van der Waals surface area contributed by atoms with Gasteiger partial charge in [-0.25, -0.2) is 0 Å². The van der Waals surface area contributed by atoms with E-state index in [1.54, 1.807) is 16.2 Å². The Morgan fingerprint density at radius 3 is 2.62 bits per heavy atom. The summed E-state index contributed by atoms with van der Waals surface area (Å²) in [6, 6.07) is 12.7. The predicted molar refractivity (Wildman–Crippen MR) is 162 cm³/mol. The van der Waals surface area contributed by atoms with Gasteiger partial charge in [-0.3, -0.25) is 19.4 Å². The standard InChI is InChI=1S/C28H37ClN4O2S2/c1-8-37(31-19(2)3)32-22-9-10-23(24(29)15-22)25-13-21(17-36-25)20-11-12-30-26(14-20)28(4,5)18-35-27(34)16-33(6)7/h8-15,17,19,31-32H,16,18H2,1-7H3. The van der Waals surface area contributed by atoms with Crippen molar-refractivity contribution in [3.8, 4) is 21.6 Å². The molecule has 0 aliphatic rings. The molecule has 0 aliphatic carbocycles. The predicted octanol–water partition coefficient (Wildman–Crippen LogP) is 6.84. The van der Waals surface area contributed by atoms with Crippen LogP contribution in [0.3, 0.4) is 0 Å². The zero-order valence-corrected chi connectivity index (χ0v) is 25.0. The van der Waals surface area contributed by atoms with Gasteiger partial charge in [-0.05, 0) is 104 Å². The molecule has 1 atom stereocenters. The number of esters is 1. The monoisotopic (exact) mass is 560 g/mol. The molecule has 37 heavy (non-hydrogen) atoms. The van der Waals surface area contributed by atoms with Gasteiger partial charge in [-0.15, -0.1) is 11.3 Å². The maximum atomic E-state index is 12.0. The lowest BCUT2D eigenvalue weighted by atomic mass is 9.88. The van der Waals surface area contributed by atoms with E-state index in [2.05, 4.69) is 63.3 Å². The Balaban J connectivity index is 1.76. The minimum atomic E-state index is -0.415. The van der Waals surface area contributed by atoms with Crippen molar-refractivity contribution < 1.29 is 9.53 Å². The molecule has 1 unspecified atom stereocenters. The van der Waals surface area contributed by atoms with E-state index in [-0.39, 0.29) is 30.0 Å². The van der Waals surface area contributed by atoms with Gasteiger partial charge in [0.05, 0.1) is 11.6 Å². The Labute approximate surface area is 232 Å². The quantitative estimate of drug-likeness (QED) is 0.198. The molecule has 1 aromatic carbocycles. The highest BCUT2D eigenvalue weighted by Gasteiger charge is 2.25. The van der Waals surface area contributed by atoms with Crippen LogP contribution in [0, 0.1) is 0 Å². The van der Waals surface area contributed by atoms with E-state index < -0.39 is 5.41 Å². The first-order valence-corrected chi connectivity index (χ1v) is 14.7. The number of nitrogens with zero attached hydrogens (tertiary/aromatic N) is 2. The topological polar surface area (TPSA) is 66.5 Å². The van der Waals surface area contributed by atoms with E-state index in [4.69, 9.17) is 16.3 Å². The number of hydrogen-bond donors (Lipinski definition) is 2. The molecular formula is C28H37ClN4O2S2. The number of nitrogens with one attached hydrogen (secondary N) is 2. The first-order chi connectivity index (χ1) is 17.5. The van der Waals surface area contributed by atoms with Gasteiger partial charge in [0, 0.05) is 39.5 Å².